The molecule has 22 heavy (non-hydrogen) atoms. The molecule has 2 aromatic rings. The fraction of sp³-hybridized carbons (Fsp3) is 0.312. The molecule has 1 unspecified atom stereocenters. The number of nitrogens with one attached hydrogen (secondary N) is 1. The van der Waals surface area contributed by atoms with Gasteiger partial charge in [0.2, 0.25) is 0 Å². The molecule has 1 aromatic carbocycles. The molecule has 1 fully saturated rings. The lowest BCUT2D eigenvalue weighted by Gasteiger charge is -2.23. The highest BCUT2D eigenvalue weighted by molar-refractivity contribution is 7.87. The molecule has 0 amide bonds. The maximum absolute atomic E-state index is 12.6. The van der Waals surface area contributed by atoms with E-state index in [-0.39, 0.29) is 0 Å². The molecule has 6 heteroatoms. The molecule has 3 rings (SSSR count). The fourth-order valence-electron chi connectivity index (χ4n) is 2.64. The van der Waals surface area contributed by atoms with Gasteiger partial charge < -0.3 is 0 Å². The highest BCUT2D eigenvalue weighted by Crippen LogP contribution is 2.22. The number of hydrogen-bond acceptors (Lipinski definition) is 3. The van der Waals surface area contributed by atoms with Crippen LogP contribution in [0.3, 0.4) is 0 Å². The lowest BCUT2D eigenvalue weighted by atomic mass is 10.0. The van der Waals surface area contributed by atoms with Crippen LogP contribution in [0, 0.1) is 0 Å². The Hall–Kier alpha value is -1.76. The van der Waals surface area contributed by atoms with Gasteiger partial charge in [-0.15, -0.1) is 0 Å². The van der Waals surface area contributed by atoms with E-state index in [1.807, 2.05) is 48.5 Å². The summed E-state index contributed by atoms with van der Waals surface area (Å²) >= 11 is 0. The Morgan fingerprint density at radius 2 is 1.68 bits per heavy atom. The topological polar surface area (TPSA) is 62.3 Å². The van der Waals surface area contributed by atoms with E-state index in [1.165, 1.54) is 4.31 Å². The summed E-state index contributed by atoms with van der Waals surface area (Å²) in [7, 11) is -3.51. The smallest absolute Gasteiger partial charge is 0.259 e. The molecule has 1 saturated heterocycles. The van der Waals surface area contributed by atoms with Crippen molar-refractivity contribution >= 4 is 10.2 Å². The summed E-state index contributed by atoms with van der Waals surface area (Å²) in [4.78, 5) is 4.32. The van der Waals surface area contributed by atoms with Crippen molar-refractivity contribution in [1.82, 2.24) is 14.0 Å². The molecule has 0 spiro atoms. The molecule has 1 aromatic heterocycles. The minimum atomic E-state index is -3.51. The molecule has 0 saturated carbocycles. The molecule has 1 atom stereocenters. The van der Waals surface area contributed by atoms with Crippen LogP contribution in [0.1, 0.15) is 30.1 Å². The summed E-state index contributed by atoms with van der Waals surface area (Å²) < 4.78 is 29.5. The van der Waals surface area contributed by atoms with E-state index in [1.54, 1.807) is 6.20 Å². The van der Waals surface area contributed by atoms with Crippen LogP contribution in [-0.2, 0) is 10.2 Å². The highest BCUT2D eigenvalue weighted by atomic mass is 32.2. The third kappa shape index (κ3) is 3.35. The van der Waals surface area contributed by atoms with E-state index >= 15 is 0 Å². The van der Waals surface area contributed by atoms with Crippen molar-refractivity contribution in [2.75, 3.05) is 13.1 Å². The predicted molar refractivity (Wildman–Crippen MR) is 85.4 cm³/mol. The minimum absolute atomic E-state index is 0.479. The molecule has 2 heterocycles. The van der Waals surface area contributed by atoms with Gasteiger partial charge in [0.25, 0.3) is 10.2 Å². The van der Waals surface area contributed by atoms with Crippen LogP contribution in [0.15, 0.2) is 54.7 Å². The Labute approximate surface area is 131 Å². The van der Waals surface area contributed by atoms with E-state index in [0.717, 1.165) is 18.4 Å². The summed E-state index contributed by atoms with van der Waals surface area (Å²) in [5, 5.41) is 0. The second-order valence-electron chi connectivity index (χ2n) is 5.33. The first-order chi connectivity index (χ1) is 10.7. The van der Waals surface area contributed by atoms with Crippen molar-refractivity contribution in [1.29, 1.82) is 0 Å². The number of rotatable bonds is 5. The van der Waals surface area contributed by atoms with Crippen LogP contribution in [0.5, 0.6) is 0 Å². The van der Waals surface area contributed by atoms with Gasteiger partial charge in [0.15, 0.2) is 0 Å². The number of aromatic nitrogens is 1. The molecule has 0 bridgehead atoms. The molecule has 1 aliphatic rings. The van der Waals surface area contributed by atoms with Crippen molar-refractivity contribution in [2.45, 2.75) is 18.9 Å². The standard InChI is InChI=1S/C16H19N3O2S/c20-22(21,19-12-6-7-13-19)18-16(14-8-2-1-3-9-14)15-10-4-5-11-17-15/h1-5,8-11,16,18H,6-7,12-13H2. The van der Waals surface area contributed by atoms with Crippen LogP contribution < -0.4 is 4.72 Å². The molecule has 1 N–H and O–H groups in total. The first-order valence-corrected chi connectivity index (χ1v) is 8.84. The van der Waals surface area contributed by atoms with Gasteiger partial charge in [0.1, 0.15) is 0 Å². The summed E-state index contributed by atoms with van der Waals surface area (Å²) in [6.07, 6.45) is 3.51. The Morgan fingerprint density at radius 3 is 2.32 bits per heavy atom. The van der Waals surface area contributed by atoms with Crippen molar-refractivity contribution in [3.63, 3.8) is 0 Å². The predicted octanol–water partition coefficient (Wildman–Crippen LogP) is 2.10. The zero-order valence-electron chi connectivity index (χ0n) is 12.2. The first-order valence-electron chi connectivity index (χ1n) is 7.40. The average molecular weight is 317 g/mol. The van der Waals surface area contributed by atoms with Gasteiger partial charge in [-0.1, -0.05) is 36.4 Å². The zero-order chi connectivity index (χ0) is 15.4. The summed E-state index contributed by atoms with van der Waals surface area (Å²) in [6, 6.07) is 14.6. The van der Waals surface area contributed by atoms with Gasteiger partial charge in [-0.05, 0) is 30.5 Å². The van der Waals surface area contributed by atoms with Crippen molar-refractivity contribution < 1.29 is 8.42 Å². The molecule has 116 valence electrons. The third-order valence-electron chi connectivity index (χ3n) is 3.79. The summed E-state index contributed by atoms with van der Waals surface area (Å²) in [5.74, 6) is 0. The zero-order valence-corrected chi connectivity index (χ0v) is 13.0. The largest absolute Gasteiger partial charge is 0.280 e. The summed E-state index contributed by atoms with van der Waals surface area (Å²) in [6.45, 7) is 1.16. The molecular weight excluding hydrogens is 298 g/mol. The van der Waals surface area contributed by atoms with Gasteiger partial charge in [0.05, 0.1) is 11.7 Å². The Morgan fingerprint density at radius 1 is 1.00 bits per heavy atom. The van der Waals surface area contributed by atoms with Crippen molar-refractivity contribution in [3.8, 4) is 0 Å². The van der Waals surface area contributed by atoms with Crippen LogP contribution in [-0.4, -0.2) is 30.8 Å². The molecule has 1 aliphatic heterocycles. The van der Waals surface area contributed by atoms with Gasteiger partial charge in [-0.2, -0.15) is 17.4 Å². The lowest BCUT2D eigenvalue weighted by molar-refractivity contribution is 0.458. The van der Waals surface area contributed by atoms with Gasteiger partial charge >= 0.3 is 0 Å². The molecule has 5 nitrogen and oxygen atoms in total. The normalized spacial score (nSPS) is 17.5. The summed E-state index contributed by atoms with van der Waals surface area (Å²) in [5.41, 5.74) is 1.57. The van der Waals surface area contributed by atoms with Crippen LogP contribution >= 0.6 is 0 Å². The molecular formula is C16H19N3O2S. The van der Waals surface area contributed by atoms with Gasteiger partial charge in [-0.3, -0.25) is 4.98 Å². The lowest BCUT2D eigenvalue weighted by Crippen LogP contribution is -2.41. The van der Waals surface area contributed by atoms with Crippen LogP contribution in [0.2, 0.25) is 0 Å². The maximum Gasteiger partial charge on any atom is 0.280 e. The van der Waals surface area contributed by atoms with E-state index in [4.69, 9.17) is 0 Å². The van der Waals surface area contributed by atoms with E-state index in [9.17, 15) is 8.42 Å². The number of hydrogen-bond donors (Lipinski definition) is 1. The Balaban J connectivity index is 1.93. The highest BCUT2D eigenvalue weighted by Gasteiger charge is 2.29. The van der Waals surface area contributed by atoms with Gasteiger partial charge in [-0.25, -0.2) is 0 Å². The van der Waals surface area contributed by atoms with E-state index < -0.39 is 16.3 Å². The fourth-order valence-corrected chi connectivity index (χ4v) is 4.09. The first kappa shape index (κ1) is 15.1. The second kappa shape index (κ2) is 6.56. The van der Waals surface area contributed by atoms with Crippen LogP contribution in [0.25, 0.3) is 0 Å². The quantitative estimate of drug-likeness (QED) is 0.918. The maximum atomic E-state index is 12.6. The average Bonchev–Trinajstić information content (AvgIpc) is 3.10. The van der Waals surface area contributed by atoms with E-state index in [0.29, 0.717) is 18.8 Å². The Bertz CT molecular complexity index is 659. The third-order valence-corrected chi connectivity index (χ3v) is 5.37. The minimum Gasteiger partial charge on any atom is -0.259 e. The van der Waals surface area contributed by atoms with E-state index in [2.05, 4.69) is 9.71 Å². The monoisotopic (exact) mass is 317 g/mol. The van der Waals surface area contributed by atoms with Crippen LogP contribution in [0.4, 0.5) is 0 Å². The second-order valence-corrected chi connectivity index (χ2v) is 7.03. The molecule has 0 aliphatic carbocycles. The number of benzene rings is 1. The SMILES string of the molecule is O=S(=O)(NC(c1ccccc1)c1ccccn1)N1CCCC1. The van der Waals surface area contributed by atoms with Gasteiger partial charge in [0, 0.05) is 19.3 Å². The Kier molecular flexibility index (Phi) is 4.52. The number of nitrogens with zero attached hydrogens (tertiary/aromatic N) is 2. The number of pyridine rings is 1. The molecule has 0 radical (unpaired) electrons. The van der Waals surface area contributed by atoms with Crippen molar-refractivity contribution in [2.24, 2.45) is 0 Å². The van der Waals surface area contributed by atoms with Crippen molar-refractivity contribution in [3.05, 3.63) is 66.0 Å².